The van der Waals surface area contributed by atoms with E-state index in [1.165, 1.54) is 0 Å². The van der Waals surface area contributed by atoms with Crippen LogP contribution >= 0.6 is 0 Å². The van der Waals surface area contributed by atoms with E-state index in [1.807, 2.05) is 59.5 Å². The molecule has 36 heavy (non-hydrogen) atoms. The molecule has 0 bridgehead atoms. The molecule has 0 aliphatic heterocycles. The maximum atomic E-state index is 13.4. The molecule has 0 aliphatic carbocycles. The number of para-hydroxylation sites is 1. The smallest absolute Gasteiger partial charge is 0.227 e. The second-order valence-corrected chi connectivity index (χ2v) is 9.87. The minimum Gasteiger partial charge on any atom is -0.507 e. The molecule has 0 radical (unpaired) electrons. The Hall–Kier alpha value is -3.27. The zero-order chi connectivity index (χ0) is 25.9. The van der Waals surface area contributed by atoms with Gasteiger partial charge in [0.1, 0.15) is 5.75 Å². The Kier molecular flexibility index (Phi) is 10.4. The number of anilines is 3. The first-order valence-electron chi connectivity index (χ1n) is 13.5. The molecular weight excluding hydrogens is 444 g/mol. The molecule has 3 rings (SSSR count). The minimum atomic E-state index is 0.0606. The number of hydrogen-bond donors (Lipinski definition) is 2. The van der Waals surface area contributed by atoms with Crippen LogP contribution in [0, 0.1) is 0 Å². The lowest BCUT2D eigenvalue weighted by Gasteiger charge is -2.27. The number of benzene rings is 3. The number of nitrogens with zero attached hydrogens (tertiary/aromatic N) is 1. The molecule has 0 fully saturated rings. The largest absolute Gasteiger partial charge is 0.507 e. The van der Waals surface area contributed by atoms with E-state index in [0.29, 0.717) is 18.6 Å². The Morgan fingerprint density at radius 2 is 1.39 bits per heavy atom. The summed E-state index contributed by atoms with van der Waals surface area (Å²) < 4.78 is 0. The van der Waals surface area contributed by atoms with E-state index < -0.39 is 0 Å². The number of phenols is 1. The van der Waals surface area contributed by atoms with Gasteiger partial charge >= 0.3 is 0 Å². The Labute approximate surface area is 217 Å². The molecule has 0 aliphatic rings. The van der Waals surface area contributed by atoms with Gasteiger partial charge in [-0.25, -0.2) is 0 Å². The number of amides is 1. The minimum absolute atomic E-state index is 0.0606. The van der Waals surface area contributed by atoms with Gasteiger partial charge in [0, 0.05) is 29.5 Å². The first-order chi connectivity index (χ1) is 17.4. The van der Waals surface area contributed by atoms with Gasteiger partial charge in [-0.1, -0.05) is 57.0 Å². The number of hydrogen-bond acceptors (Lipinski definition) is 3. The van der Waals surface area contributed by atoms with E-state index in [1.54, 1.807) is 0 Å². The van der Waals surface area contributed by atoms with Crippen molar-refractivity contribution < 1.29 is 9.90 Å². The quantitative estimate of drug-likeness (QED) is 0.256. The van der Waals surface area contributed by atoms with Crippen molar-refractivity contribution >= 4 is 23.0 Å². The zero-order valence-electron chi connectivity index (χ0n) is 22.4. The van der Waals surface area contributed by atoms with Crippen LogP contribution < -0.4 is 10.2 Å². The van der Waals surface area contributed by atoms with Crippen molar-refractivity contribution in [2.24, 2.45) is 0 Å². The third-order valence-electron chi connectivity index (χ3n) is 6.55. The standard InChI is InChI=1S/C32H42N2O2/c1-5-7-12-26-22-25(23-27(32(26)36)13-8-6-2)16-21-31(35)34(24(3)4)30-19-17-29(18-20-30)33-28-14-10-9-11-15-28/h9-11,14-15,17-20,22-24,33,36H,5-8,12-13,16,21H2,1-4H3. The highest BCUT2D eigenvalue weighted by molar-refractivity contribution is 5.94. The first kappa shape index (κ1) is 27.3. The van der Waals surface area contributed by atoms with Crippen LogP contribution in [0.25, 0.3) is 0 Å². The summed E-state index contributed by atoms with van der Waals surface area (Å²) in [6, 6.07) is 22.4. The molecule has 0 saturated heterocycles. The molecule has 0 saturated carbocycles. The van der Waals surface area contributed by atoms with Crippen LogP contribution in [0.2, 0.25) is 0 Å². The lowest BCUT2D eigenvalue weighted by atomic mass is 9.95. The second kappa shape index (κ2) is 13.7. The Bertz CT molecular complexity index is 1060. The van der Waals surface area contributed by atoms with Crippen LogP contribution in [0.1, 0.15) is 76.5 Å². The first-order valence-corrected chi connectivity index (χ1v) is 13.5. The molecule has 3 aromatic rings. The van der Waals surface area contributed by atoms with E-state index in [9.17, 15) is 9.90 Å². The molecule has 1 amide bonds. The van der Waals surface area contributed by atoms with Crippen molar-refractivity contribution in [3.8, 4) is 5.75 Å². The van der Waals surface area contributed by atoms with E-state index in [2.05, 4.69) is 45.1 Å². The van der Waals surface area contributed by atoms with Gasteiger partial charge in [0.25, 0.3) is 0 Å². The van der Waals surface area contributed by atoms with Crippen molar-refractivity contribution in [2.45, 2.75) is 85.1 Å². The molecule has 2 N–H and O–H groups in total. The molecule has 4 nitrogen and oxygen atoms in total. The van der Waals surface area contributed by atoms with Crippen molar-refractivity contribution in [2.75, 3.05) is 10.2 Å². The number of rotatable bonds is 13. The van der Waals surface area contributed by atoms with Crippen molar-refractivity contribution in [3.63, 3.8) is 0 Å². The van der Waals surface area contributed by atoms with Gasteiger partial charge in [0.2, 0.25) is 5.91 Å². The van der Waals surface area contributed by atoms with Crippen molar-refractivity contribution in [3.05, 3.63) is 83.4 Å². The third kappa shape index (κ3) is 7.61. The van der Waals surface area contributed by atoms with Gasteiger partial charge in [-0.3, -0.25) is 4.79 Å². The highest BCUT2D eigenvalue weighted by Gasteiger charge is 2.19. The number of unbranched alkanes of at least 4 members (excludes halogenated alkanes) is 2. The highest BCUT2D eigenvalue weighted by Crippen LogP contribution is 2.29. The Morgan fingerprint density at radius 3 is 1.92 bits per heavy atom. The summed E-state index contributed by atoms with van der Waals surface area (Å²) in [6.07, 6.45) is 7.17. The average molecular weight is 487 g/mol. The van der Waals surface area contributed by atoms with E-state index in [4.69, 9.17) is 0 Å². The van der Waals surface area contributed by atoms with Gasteiger partial charge in [-0.15, -0.1) is 0 Å². The summed E-state index contributed by atoms with van der Waals surface area (Å²) in [7, 11) is 0. The van der Waals surface area contributed by atoms with Crippen LogP contribution in [0.4, 0.5) is 17.1 Å². The van der Waals surface area contributed by atoms with Crippen molar-refractivity contribution in [1.82, 2.24) is 0 Å². The monoisotopic (exact) mass is 486 g/mol. The lowest BCUT2D eigenvalue weighted by Crippen LogP contribution is -2.37. The fourth-order valence-electron chi connectivity index (χ4n) is 4.59. The average Bonchev–Trinajstić information content (AvgIpc) is 2.88. The molecule has 0 aromatic heterocycles. The SMILES string of the molecule is CCCCc1cc(CCC(=O)N(c2ccc(Nc3ccccc3)cc2)C(C)C)cc(CCCC)c1O. The van der Waals surface area contributed by atoms with Crippen LogP contribution in [0.3, 0.4) is 0 Å². The van der Waals surface area contributed by atoms with Gasteiger partial charge in [-0.2, -0.15) is 0 Å². The maximum absolute atomic E-state index is 13.4. The van der Waals surface area contributed by atoms with Crippen LogP contribution in [-0.2, 0) is 24.1 Å². The predicted octanol–water partition coefficient (Wildman–Crippen LogP) is 8.20. The van der Waals surface area contributed by atoms with Crippen LogP contribution in [0.5, 0.6) is 5.75 Å². The molecule has 4 heteroatoms. The zero-order valence-corrected chi connectivity index (χ0v) is 22.4. The summed E-state index contributed by atoms with van der Waals surface area (Å²) in [4.78, 5) is 15.3. The van der Waals surface area contributed by atoms with Gasteiger partial charge < -0.3 is 15.3 Å². The third-order valence-corrected chi connectivity index (χ3v) is 6.55. The molecule has 0 heterocycles. The number of phenolic OH excluding ortho intramolecular Hbond substituents is 1. The number of aryl methyl sites for hydroxylation is 3. The molecule has 0 atom stereocenters. The molecular formula is C32H42N2O2. The van der Waals surface area contributed by atoms with Gasteiger partial charge in [0.15, 0.2) is 0 Å². The normalized spacial score (nSPS) is 11.0. The lowest BCUT2D eigenvalue weighted by molar-refractivity contribution is -0.118. The van der Waals surface area contributed by atoms with E-state index >= 15 is 0 Å². The summed E-state index contributed by atoms with van der Waals surface area (Å²) in [5.41, 5.74) is 6.12. The second-order valence-electron chi connectivity index (χ2n) is 9.87. The summed E-state index contributed by atoms with van der Waals surface area (Å²) in [5, 5.41) is 14.2. The Balaban J connectivity index is 1.72. The number of nitrogens with one attached hydrogen (secondary N) is 1. The van der Waals surface area contributed by atoms with E-state index in [0.717, 1.165) is 72.3 Å². The van der Waals surface area contributed by atoms with E-state index in [-0.39, 0.29) is 11.9 Å². The molecule has 0 unspecified atom stereocenters. The summed E-state index contributed by atoms with van der Waals surface area (Å²) in [6.45, 7) is 8.45. The fourth-order valence-corrected chi connectivity index (χ4v) is 4.59. The molecule has 3 aromatic carbocycles. The van der Waals surface area contributed by atoms with Crippen LogP contribution in [0.15, 0.2) is 66.7 Å². The summed E-state index contributed by atoms with van der Waals surface area (Å²) in [5.74, 6) is 0.576. The molecule has 192 valence electrons. The number of carbonyl (C=O) groups is 1. The van der Waals surface area contributed by atoms with Gasteiger partial charge in [0.05, 0.1) is 0 Å². The van der Waals surface area contributed by atoms with Gasteiger partial charge in [-0.05, 0) is 99.0 Å². The maximum Gasteiger partial charge on any atom is 0.227 e. The molecule has 0 spiro atoms. The predicted molar refractivity (Wildman–Crippen MR) is 152 cm³/mol. The number of aromatic hydroxyl groups is 1. The summed E-state index contributed by atoms with van der Waals surface area (Å²) >= 11 is 0. The van der Waals surface area contributed by atoms with Crippen LogP contribution in [-0.4, -0.2) is 17.1 Å². The Morgan fingerprint density at radius 1 is 0.833 bits per heavy atom. The highest BCUT2D eigenvalue weighted by atomic mass is 16.3. The fraction of sp³-hybridized carbons (Fsp3) is 0.406. The topological polar surface area (TPSA) is 52.6 Å². The van der Waals surface area contributed by atoms with Crippen molar-refractivity contribution in [1.29, 1.82) is 0 Å². The number of carbonyl (C=O) groups excluding carboxylic acids is 1.